The van der Waals surface area contributed by atoms with Crippen LogP contribution in [0, 0.1) is 11.3 Å². The summed E-state index contributed by atoms with van der Waals surface area (Å²) >= 11 is 0. The van der Waals surface area contributed by atoms with E-state index in [-0.39, 0.29) is 0 Å². The van der Waals surface area contributed by atoms with Gasteiger partial charge in [0.05, 0.1) is 11.3 Å². The number of hydrogen-bond acceptors (Lipinski definition) is 3. The van der Waals surface area contributed by atoms with Crippen molar-refractivity contribution < 1.29 is 0 Å². The zero-order valence-electron chi connectivity index (χ0n) is 9.33. The van der Waals surface area contributed by atoms with Crippen LogP contribution in [-0.2, 0) is 0 Å². The van der Waals surface area contributed by atoms with Gasteiger partial charge in [-0.3, -0.25) is 0 Å². The third kappa shape index (κ3) is 3.61. The minimum absolute atomic E-state index is 0.705. The maximum Gasteiger partial charge on any atom is 0.101 e. The van der Waals surface area contributed by atoms with E-state index in [1.54, 1.807) is 0 Å². The second-order valence-electron chi connectivity index (χ2n) is 3.48. The fourth-order valence-corrected chi connectivity index (χ4v) is 1.27. The molecule has 3 nitrogen and oxygen atoms in total. The average Bonchev–Trinajstić information content (AvgIpc) is 2.29. The number of hydrogen-bond donors (Lipinski definition) is 1. The number of nitrogens with one attached hydrogen (secondary N) is 1. The standard InChI is InChI=1S/C12H17N3/c1-3-15(2)9-8-14-12-7-5-4-6-11(12)10-13/h4-7,14H,3,8-9H2,1-2H3. The van der Waals surface area contributed by atoms with Crippen molar-refractivity contribution >= 4 is 5.69 Å². The van der Waals surface area contributed by atoms with Crippen LogP contribution >= 0.6 is 0 Å². The molecule has 0 spiro atoms. The molecule has 1 aromatic rings. The first-order valence-electron chi connectivity index (χ1n) is 5.19. The predicted molar refractivity (Wildman–Crippen MR) is 62.8 cm³/mol. The fraction of sp³-hybridized carbons (Fsp3) is 0.417. The van der Waals surface area contributed by atoms with Crippen molar-refractivity contribution in [2.75, 3.05) is 32.0 Å². The van der Waals surface area contributed by atoms with E-state index in [1.807, 2.05) is 24.3 Å². The molecule has 3 heteroatoms. The summed E-state index contributed by atoms with van der Waals surface area (Å²) in [5.74, 6) is 0. The summed E-state index contributed by atoms with van der Waals surface area (Å²) in [6.45, 7) is 5.02. The van der Waals surface area contributed by atoms with Crippen LogP contribution in [0.25, 0.3) is 0 Å². The Morgan fingerprint density at radius 2 is 2.13 bits per heavy atom. The molecule has 1 rings (SSSR count). The first-order chi connectivity index (χ1) is 7.27. The zero-order valence-corrected chi connectivity index (χ0v) is 9.33. The van der Waals surface area contributed by atoms with E-state index in [2.05, 4.69) is 30.3 Å². The van der Waals surface area contributed by atoms with Gasteiger partial charge in [-0.05, 0) is 25.7 Å². The van der Waals surface area contributed by atoms with Gasteiger partial charge in [-0.15, -0.1) is 0 Å². The van der Waals surface area contributed by atoms with E-state index in [0.29, 0.717) is 5.56 Å². The first kappa shape index (κ1) is 11.5. The van der Waals surface area contributed by atoms with Crippen LogP contribution in [0.4, 0.5) is 5.69 Å². The SMILES string of the molecule is CCN(C)CCNc1ccccc1C#N. The second kappa shape index (κ2) is 6.05. The molecule has 0 unspecified atom stereocenters. The summed E-state index contributed by atoms with van der Waals surface area (Å²) in [6.07, 6.45) is 0. The highest BCUT2D eigenvalue weighted by atomic mass is 15.1. The van der Waals surface area contributed by atoms with Gasteiger partial charge >= 0.3 is 0 Å². The summed E-state index contributed by atoms with van der Waals surface area (Å²) in [5.41, 5.74) is 1.63. The predicted octanol–water partition coefficient (Wildman–Crippen LogP) is 1.92. The molecule has 15 heavy (non-hydrogen) atoms. The minimum Gasteiger partial charge on any atom is -0.383 e. The van der Waals surface area contributed by atoms with Crippen molar-refractivity contribution in [3.8, 4) is 6.07 Å². The maximum absolute atomic E-state index is 8.87. The van der Waals surface area contributed by atoms with Gasteiger partial charge in [-0.2, -0.15) is 5.26 Å². The number of para-hydroxylation sites is 1. The second-order valence-corrected chi connectivity index (χ2v) is 3.48. The Balaban J connectivity index is 2.47. The van der Waals surface area contributed by atoms with Gasteiger partial charge in [0, 0.05) is 13.1 Å². The van der Waals surface area contributed by atoms with Crippen LogP contribution in [0.2, 0.25) is 0 Å². The van der Waals surface area contributed by atoms with Crippen molar-refractivity contribution in [1.82, 2.24) is 4.90 Å². The van der Waals surface area contributed by atoms with Gasteiger partial charge in [0.25, 0.3) is 0 Å². The molecule has 0 saturated heterocycles. The van der Waals surface area contributed by atoms with Crippen molar-refractivity contribution in [3.05, 3.63) is 29.8 Å². The zero-order chi connectivity index (χ0) is 11.1. The average molecular weight is 203 g/mol. The summed E-state index contributed by atoms with van der Waals surface area (Å²) < 4.78 is 0. The van der Waals surface area contributed by atoms with Gasteiger partial charge in [0.2, 0.25) is 0 Å². The molecule has 1 N–H and O–H groups in total. The van der Waals surface area contributed by atoms with Crippen molar-refractivity contribution in [1.29, 1.82) is 5.26 Å². The Morgan fingerprint density at radius 1 is 1.40 bits per heavy atom. The Morgan fingerprint density at radius 3 is 2.80 bits per heavy atom. The van der Waals surface area contributed by atoms with Crippen molar-refractivity contribution in [3.63, 3.8) is 0 Å². The van der Waals surface area contributed by atoms with Crippen LogP contribution in [0.15, 0.2) is 24.3 Å². The smallest absolute Gasteiger partial charge is 0.101 e. The number of likely N-dealkylation sites (N-methyl/N-ethyl adjacent to an activating group) is 1. The normalized spacial score (nSPS) is 10.0. The number of nitriles is 1. The van der Waals surface area contributed by atoms with Gasteiger partial charge in [0.1, 0.15) is 6.07 Å². The van der Waals surface area contributed by atoms with Crippen molar-refractivity contribution in [2.24, 2.45) is 0 Å². The molecule has 0 aliphatic carbocycles. The monoisotopic (exact) mass is 203 g/mol. The van der Waals surface area contributed by atoms with Crippen LogP contribution in [0.1, 0.15) is 12.5 Å². The minimum atomic E-state index is 0.705. The maximum atomic E-state index is 8.87. The molecule has 0 aliphatic heterocycles. The summed E-state index contributed by atoms with van der Waals surface area (Å²) in [4.78, 5) is 2.22. The molecular formula is C12H17N3. The fourth-order valence-electron chi connectivity index (χ4n) is 1.27. The Hall–Kier alpha value is -1.53. The molecule has 0 aliphatic rings. The van der Waals surface area contributed by atoms with Crippen LogP contribution in [0.3, 0.4) is 0 Å². The lowest BCUT2D eigenvalue weighted by Crippen LogP contribution is -2.24. The van der Waals surface area contributed by atoms with Gasteiger partial charge in [-0.1, -0.05) is 19.1 Å². The Bertz CT molecular complexity index is 341. The van der Waals surface area contributed by atoms with E-state index in [9.17, 15) is 0 Å². The third-order valence-electron chi connectivity index (χ3n) is 2.40. The van der Waals surface area contributed by atoms with Gasteiger partial charge in [-0.25, -0.2) is 0 Å². The molecule has 0 radical (unpaired) electrons. The Kier molecular flexibility index (Phi) is 4.65. The molecular weight excluding hydrogens is 186 g/mol. The lowest BCUT2D eigenvalue weighted by molar-refractivity contribution is 0.367. The van der Waals surface area contributed by atoms with Gasteiger partial charge < -0.3 is 10.2 Å². The summed E-state index contributed by atoms with van der Waals surface area (Å²) in [7, 11) is 2.08. The number of rotatable bonds is 5. The number of nitrogens with zero attached hydrogens (tertiary/aromatic N) is 2. The van der Waals surface area contributed by atoms with Crippen LogP contribution in [0.5, 0.6) is 0 Å². The highest BCUT2D eigenvalue weighted by Gasteiger charge is 1.99. The molecule has 0 atom stereocenters. The summed E-state index contributed by atoms with van der Waals surface area (Å²) in [6, 6.07) is 9.75. The lowest BCUT2D eigenvalue weighted by Gasteiger charge is -2.15. The van der Waals surface area contributed by atoms with Gasteiger partial charge in [0.15, 0.2) is 0 Å². The number of anilines is 1. The topological polar surface area (TPSA) is 39.1 Å². The molecule has 0 saturated carbocycles. The third-order valence-corrected chi connectivity index (χ3v) is 2.40. The van der Waals surface area contributed by atoms with E-state index in [4.69, 9.17) is 5.26 Å². The van der Waals surface area contributed by atoms with Crippen molar-refractivity contribution in [2.45, 2.75) is 6.92 Å². The highest BCUT2D eigenvalue weighted by Crippen LogP contribution is 2.12. The summed E-state index contributed by atoms with van der Waals surface area (Å²) in [5, 5.41) is 12.1. The molecule has 0 aromatic heterocycles. The molecule has 80 valence electrons. The quantitative estimate of drug-likeness (QED) is 0.794. The molecule has 1 aromatic carbocycles. The van der Waals surface area contributed by atoms with E-state index in [0.717, 1.165) is 25.3 Å². The van der Waals surface area contributed by atoms with Crippen LogP contribution < -0.4 is 5.32 Å². The Labute approximate surface area is 91.3 Å². The van der Waals surface area contributed by atoms with E-state index < -0.39 is 0 Å². The van der Waals surface area contributed by atoms with E-state index in [1.165, 1.54) is 0 Å². The lowest BCUT2D eigenvalue weighted by atomic mass is 10.2. The molecule has 0 heterocycles. The molecule has 0 amide bonds. The molecule has 0 bridgehead atoms. The molecule has 0 fully saturated rings. The largest absolute Gasteiger partial charge is 0.383 e. The number of benzene rings is 1. The highest BCUT2D eigenvalue weighted by molar-refractivity contribution is 5.57. The van der Waals surface area contributed by atoms with Crippen LogP contribution in [-0.4, -0.2) is 31.6 Å². The first-order valence-corrected chi connectivity index (χ1v) is 5.19. The van der Waals surface area contributed by atoms with E-state index >= 15 is 0 Å².